The zero-order valence-corrected chi connectivity index (χ0v) is 14.4. The summed E-state index contributed by atoms with van der Waals surface area (Å²) >= 11 is 1.58. The van der Waals surface area contributed by atoms with Crippen LogP contribution in [0.3, 0.4) is 0 Å². The number of imidazole rings is 2. The van der Waals surface area contributed by atoms with E-state index in [9.17, 15) is 0 Å². The summed E-state index contributed by atoms with van der Waals surface area (Å²) in [7, 11) is 1.98. The summed E-state index contributed by atoms with van der Waals surface area (Å²) in [5.41, 5.74) is 5.70. The third-order valence-electron chi connectivity index (χ3n) is 3.78. The third kappa shape index (κ3) is 2.63. The average molecular weight is 336 g/mol. The van der Waals surface area contributed by atoms with Gasteiger partial charge in [0.1, 0.15) is 11.5 Å². The van der Waals surface area contributed by atoms with Crippen LogP contribution < -0.4 is 0 Å². The standard InChI is InChI=1S/C17H16N6S/c1-11-6-12(2)23-8-13(20-17(23)19-11)4-5-16-21-14(9-22(16)3)15-7-18-10-24-15/h4-10H,1-3H3. The summed E-state index contributed by atoms with van der Waals surface area (Å²) in [4.78, 5) is 18.8. The molecule has 0 N–H and O–H groups in total. The van der Waals surface area contributed by atoms with Crippen molar-refractivity contribution in [2.24, 2.45) is 7.05 Å². The molecule has 4 aromatic heterocycles. The van der Waals surface area contributed by atoms with Crippen molar-refractivity contribution in [3.05, 3.63) is 53.1 Å². The topological polar surface area (TPSA) is 60.9 Å². The molecule has 0 aliphatic carbocycles. The van der Waals surface area contributed by atoms with E-state index in [-0.39, 0.29) is 0 Å². The SMILES string of the molecule is Cc1cc(C)n2cc(C=Cc3nc(-c4cncs4)cn3C)nc2n1. The minimum atomic E-state index is 0.720. The fraction of sp³-hybridized carbons (Fsp3) is 0.176. The van der Waals surface area contributed by atoms with Crippen LogP contribution in [0.1, 0.15) is 22.9 Å². The number of fused-ring (bicyclic) bond motifs is 1. The van der Waals surface area contributed by atoms with Crippen molar-refractivity contribution in [2.45, 2.75) is 13.8 Å². The van der Waals surface area contributed by atoms with Gasteiger partial charge in [-0.25, -0.2) is 15.0 Å². The highest BCUT2D eigenvalue weighted by molar-refractivity contribution is 7.13. The van der Waals surface area contributed by atoms with E-state index in [4.69, 9.17) is 0 Å². The van der Waals surface area contributed by atoms with Crippen molar-refractivity contribution >= 4 is 29.3 Å². The van der Waals surface area contributed by atoms with Crippen molar-refractivity contribution in [2.75, 3.05) is 0 Å². The number of hydrogen-bond acceptors (Lipinski definition) is 5. The first-order valence-electron chi connectivity index (χ1n) is 7.54. The number of aryl methyl sites for hydroxylation is 3. The van der Waals surface area contributed by atoms with Crippen LogP contribution >= 0.6 is 11.3 Å². The molecule has 0 radical (unpaired) electrons. The van der Waals surface area contributed by atoms with Crippen molar-refractivity contribution in [1.29, 1.82) is 0 Å². The van der Waals surface area contributed by atoms with Gasteiger partial charge in [0.15, 0.2) is 0 Å². The largest absolute Gasteiger partial charge is 0.334 e. The van der Waals surface area contributed by atoms with Crippen molar-refractivity contribution in [1.82, 2.24) is 28.9 Å². The van der Waals surface area contributed by atoms with Crippen LogP contribution in [0, 0.1) is 13.8 Å². The molecule has 0 fully saturated rings. The Morgan fingerprint density at radius 3 is 2.75 bits per heavy atom. The molecule has 0 aromatic carbocycles. The lowest BCUT2D eigenvalue weighted by Gasteiger charge is -1.98. The highest BCUT2D eigenvalue weighted by Crippen LogP contribution is 2.22. The van der Waals surface area contributed by atoms with Gasteiger partial charge in [-0.3, -0.25) is 9.38 Å². The Morgan fingerprint density at radius 2 is 1.96 bits per heavy atom. The Morgan fingerprint density at radius 1 is 1.08 bits per heavy atom. The molecular formula is C17H16N6S. The maximum atomic E-state index is 4.65. The minimum absolute atomic E-state index is 0.720. The Balaban J connectivity index is 1.67. The monoisotopic (exact) mass is 336 g/mol. The highest BCUT2D eigenvalue weighted by atomic mass is 32.1. The maximum absolute atomic E-state index is 4.65. The first-order valence-corrected chi connectivity index (χ1v) is 8.42. The first kappa shape index (κ1) is 14.8. The zero-order chi connectivity index (χ0) is 16.7. The van der Waals surface area contributed by atoms with Gasteiger partial charge in [0.25, 0.3) is 0 Å². The fourth-order valence-corrected chi connectivity index (χ4v) is 3.20. The van der Waals surface area contributed by atoms with Gasteiger partial charge in [0.05, 0.1) is 16.1 Å². The summed E-state index contributed by atoms with van der Waals surface area (Å²) in [6.45, 7) is 4.03. The van der Waals surface area contributed by atoms with Crippen LogP contribution in [0.15, 0.2) is 30.2 Å². The number of hydrogen-bond donors (Lipinski definition) is 0. The Bertz CT molecular complexity index is 1040. The lowest BCUT2D eigenvalue weighted by atomic mass is 10.3. The van der Waals surface area contributed by atoms with E-state index in [1.54, 1.807) is 11.3 Å². The summed E-state index contributed by atoms with van der Waals surface area (Å²) in [5, 5.41) is 0. The molecule has 0 aliphatic rings. The smallest absolute Gasteiger partial charge is 0.234 e. The normalized spacial score (nSPS) is 11.8. The Hall–Kier alpha value is -2.80. The van der Waals surface area contributed by atoms with E-state index in [2.05, 4.69) is 26.9 Å². The molecule has 24 heavy (non-hydrogen) atoms. The van der Waals surface area contributed by atoms with Crippen LogP contribution in [0.4, 0.5) is 0 Å². The molecule has 0 saturated carbocycles. The van der Waals surface area contributed by atoms with E-state index < -0.39 is 0 Å². The number of aromatic nitrogens is 6. The second-order valence-corrected chi connectivity index (χ2v) is 6.56. The molecular weight excluding hydrogens is 320 g/mol. The van der Waals surface area contributed by atoms with Crippen LogP contribution in [0.2, 0.25) is 0 Å². The van der Waals surface area contributed by atoms with Gasteiger partial charge in [-0.1, -0.05) is 0 Å². The highest BCUT2D eigenvalue weighted by Gasteiger charge is 2.07. The van der Waals surface area contributed by atoms with E-state index in [1.807, 2.05) is 65.3 Å². The maximum Gasteiger partial charge on any atom is 0.234 e. The predicted octanol–water partition coefficient (Wildman–Crippen LogP) is 3.37. The van der Waals surface area contributed by atoms with Gasteiger partial charge in [-0.15, -0.1) is 11.3 Å². The van der Waals surface area contributed by atoms with Crippen LogP contribution in [0.5, 0.6) is 0 Å². The molecule has 4 rings (SSSR count). The van der Waals surface area contributed by atoms with E-state index in [1.165, 1.54) is 0 Å². The Labute approximate surface area is 143 Å². The van der Waals surface area contributed by atoms with Gasteiger partial charge < -0.3 is 4.57 Å². The van der Waals surface area contributed by atoms with E-state index in [0.717, 1.165) is 39.3 Å². The summed E-state index contributed by atoms with van der Waals surface area (Å²) < 4.78 is 3.99. The summed E-state index contributed by atoms with van der Waals surface area (Å²) in [6.07, 6.45) is 9.75. The molecule has 4 aromatic rings. The molecule has 0 unspecified atom stereocenters. The Kier molecular flexibility index (Phi) is 3.50. The van der Waals surface area contributed by atoms with Gasteiger partial charge in [0.2, 0.25) is 5.78 Å². The van der Waals surface area contributed by atoms with Gasteiger partial charge in [-0.2, -0.15) is 0 Å². The summed E-state index contributed by atoms with van der Waals surface area (Å²) in [6, 6.07) is 2.04. The first-order chi connectivity index (χ1) is 11.6. The second kappa shape index (κ2) is 5.68. The molecule has 0 atom stereocenters. The van der Waals surface area contributed by atoms with Gasteiger partial charge in [0, 0.05) is 37.0 Å². The molecule has 120 valence electrons. The number of nitrogens with zero attached hydrogens (tertiary/aromatic N) is 6. The molecule has 0 spiro atoms. The van der Waals surface area contributed by atoms with E-state index in [0.29, 0.717) is 0 Å². The molecule has 6 nitrogen and oxygen atoms in total. The zero-order valence-electron chi connectivity index (χ0n) is 13.6. The van der Waals surface area contributed by atoms with Crippen molar-refractivity contribution < 1.29 is 0 Å². The van der Waals surface area contributed by atoms with Crippen LogP contribution in [0.25, 0.3) is 28.5 Å². The molecule has 0 bridgehead atoms. The quantitative estimate of drug-likeness (QED) is 0.575. The lowest BCUT2D eigenvalue weighted by molar-refractivity contribution is 0.898. The minimum Gasteiger partial charge on any atom is -0.334 e. The molecule has 0 saturated heterocycles. The predicted molar refractivity (Wildman–Crippen MR) is 95.7 cm³/mol. The average Bonchev–Trinajstić information content (AvgIpc) is 3.24. The second-order valence-electron chi connectivity index (χ2n) is 5.67. The van der Waals surface area contributed by atoms with Crippen LogP contribution in [-0.4, -0.2) is 28.9 Å². The van der Waals surface area contributed by atoms with E-state index >= 15 is 0 Å². The molecule has 0 aliphatic heterocycles. The number of thiazole rings is 1. The fourth-order valence-electron chi connectivity index (χ4n) is 2.63. The third-order valence-corrected chi connectivity index (χ3v) is 4.58. The molecule has 0 amide bonds. The van der Waals surface area contributed by atoms with Gasteiger partial charge >= 0.3 is 0 Å². The van der Waals surface area contributed by atoms with Crippen molar-refractivity contribution in [3.63, 3.8) is 0 Å². The van der Waals surface area contributed by atoms with Crippen molar-refractivity contribution in [3.8, 4) is 10.6 Å². The number of rotatable bonds is 3. The van der Waals surface area contributed by atoms with Gasteiger partial charge in [-0.05, 0) is 32.1 Å². The van der Waals surface area contributed by atoms with Crippen LogP contribution in [-0.2, 0) is 7.05 Å². The molecule has 7 heteroatoms. The lowest BCUT2D eigenvalue weighted by Crippen LogP contribution is -1.94. The molecule has 4 heterocycles. The summed E-state index contributed by atoms with van der Waals surface area (Å²) in [5.74, 6) is 1.59.